The fourth-order valence-corrected chi connectivity index (χ4v) is 2.23. The Kier molecular flexibility index (Phi) is 5.38. The number of carbonyl (C=O) groups excluding carboxylic acids is 1. The van der Waals surface area contributed by atoms with Gasteiger partial charge in [0.2, 0.25) is 0 Å². The highest BCUT2D eigenvalue weighted by Crippen LogP contribution is 2.17. The van der Waals surface area contributed by atoms with Crippen molar-refractivity contribution in [3.05, 3.63) is 72.2 Å². The van der Waals surface area contributed by atoms with Gasteiger partial charge in [-0.25, -0.2) is 4.39 Å². The molecule has 0 saturated heterocycles. The van der Waals surface area contributed by atoms with E-state index < -0.39 is 0 Å². The van der Waals surface area contributed by atoms with Gasteiger partial charge in [0.05, 0.1) is 6.61 Å². The molecule has 2 N–H and O–H groups in total. The van der Waals surface area contributed by atoms with Gasteiger partial charge in [-0.3, -0.25) is 4.79 Å². The summed E-state index contributed by atoms with van der Waals surface area (Å²) < 4.78 is 18.5. The van der Waals surface area contributed by atoms with Gasteiger partial charge in [-0.1, -0.05) is 6.07 Å². The fourth-order valence-electron chi connectivity index (χ4n) is 2.23. The van der Waals surface area contributed by atoms with Crippen LogP contribution in [0, 0.1) is 5.82 Å². The maximum absolute atomic E-state index is 13.2. The van der Waals surface area contributed by atoms with Crippen molar-refractivity contribution in [2.75, 3.05) is 17.2 Å². The van der Waals surface area contributed by atoms with Crippen molar-refractivity contribution in [2.24, 2.45) is 0 Å². The van der Waals surface area contributed by atoms with Gasteiger partial charge in [-0.05, 0) is 61.5 Å². The van der Waals surface area contributed by atoms with E-state index >= 15 is 0 Å². The van der Waals surface area contributed by atoms with Crippen LogP contribution in [0.4, 0.5) is 21.6 Å². The lowest BCUT2D eigenvalue weighted by atomic mass is 10.3. The molecule has 1 aromatic heterocycles. The number of aromatic nitrogens is 2. The zero-order valence-corrected chi connectivity index (χ0v) is 14.1. The van der Waals surface area contributed by atoms with Gasteiger partial charge in [-0.2, -0.15) is 0 Å². The second kappa shape index (κ2) is 8.06. The van der Waals surface area contributed by atoms with Gasteiger partial charge >= 0.3 is 0 Å². The van der Waals surface area contributed by atoms with Crippen LogP contribution in [0.25, 0.3) is 0 Å². The molecular formula is C19H17FN4O2. The molecule has 0 aliphatic rings. The Morgan fingerprint density at radius 3 is 2.50 bits per heavy atom. The Labute approximate surface area is 150 Å². The number of anilines is 3. The Balaban J connectivity index is 1.63. The summed E-state index contributed by atoms with van der Waals surface area (Å²) >= 11 is 0. The van der Waals surface area contributed by atoms with Gasteiger partial charge in [0.25, 0.3) is 5.91 Å². The summed E-state index contributed by atoms with van der Waals surface area (Å²) in [5.74, 6) is 0.416. The Morgan fingerprint density at radius 1 is 1.04 bits per heavy atom. The molecule has 0 spiro atoms. The summed E-state index contributed by atoms with van der Waals surface area (Å²) in [5, 5.41) is 13.5. The second-order valence-electron chi connectivity index (χ2n) is 5.35. The molecule has 0 atom stereocenters. The average molecular weight is 352 g/mol. The molecule has 7 heteroatoms. The number of hydrogen-bond donors (Lipinski definition) is 2. The number of benzene rings is 2. The van der Waals surface area contributed by atoms with E-state index in [2.05, 4.69) is 20.8 Å². The molecule has 6 nitrogen and oxygen atoms in total. The second-order valence-corrected chi connectivity index (χ2v) is 5.35. The van der Waals surface area contributed by atoms with Crippen LogP contribution in [-0.2, 0) is 0 Å². The highest BCUT2D eigenvalue weighted by atomic mass is 19.1. The van der Waals surface area contributed by atoms with E-state index in [9.17, 15) is 9.18 Å². The molecular weight excluding hydrogens is 335 g/mol. The summed E-state index contributed by atoms with van der Waals surface area (Å²) in [6.07, 6.45) is 0. The Bertz CT molecular complexity index is 883. The van der Waals surface area contributed by atoms with Crippen LogP contribution in [0.5, 0.6) is 5.75 Å². The standard InChI is InChI=1S/C19H17FN4O2/c1-2-26-16-8-6-14(7-9-16)22-19(25)17-10-11-18(24-23-17)21-15-5-3-4-13(20)12-15/h3-12H,2H2,1H3,(H,21,24)(H,22,25). The first-order chi connectivity index (χ1) is 12.6. The zero-order chi connectivity index (χ0) is 18.4. The van der Waals surface area contributed by atoms with Crippen molar-refractivity contribution in [2.45, 2.75) is 6.92 Å². The lowest BCUT2D eigenvalue weighted by Crippen LogP contribution is -2.14. The third-order valence-electron chi connectivity index (χ3n) is 3.42. The van der Waals surface area contributed by atoms with Crippen LogP contribution in [0.1, 0.15) is 17.4 Å². The largest absolute Gasteiger partial charge is 0.494 e. The highest BCUT2D eigenvalue weighted by Gasteiger charge is 2.09. The van der Waals surface area contributed by atoms with Gasteiger partial charge in [0.15, 0.2) is 11.5 Å². The minimum absolute atomic E-state index is 0.170. The predicted octanol–water partition coefficient (Wildman–Crippen LogP) is 4.01. The van der Waals surface area contributed by atoms with E-state index in [1.54, 1.807) is 48.5 Å². The summed E-state index contributed by atoms with van der Waals surface area (Å²) in [6, 6.07) is 16.2. The van der Waals surface area contributed by atoms with Gasteiger partial charge in [0.1, 0.15) is 11.6 Å². The average Bonchev–Trinajstić information content (AvgIpc) is 2.64. The van der Waals surface area contributed by atoms with Crippen molar-refractivity contribution in [3.63, 3.8) is 0 Å². The molecule has 0 fully saturated rings. The molecule has 0 aliphatic carbocycles. The van der Waals surface area contributed by atoms with Crippen molar-refractivity contribution < 1.29 is 13.9 Å². The first kappa shape index (κ1) is 17.3. The molecule has 0 aliphatic heterocycles. The zero-order valence-electron chi connectivity index (χ0n) is 14.1. The minimum Gasteiger partial charge on any atom is -0.494 e. The summed E-state index contributed by atoms with van der Waals surface area (Å²) in [6.45, 7) is 2.48. The lowest BCUT2D eigenvalue weighted by Gasteiger charge is -2.07. The van der Waals surface area contributed by atoms with E-state index in [1.165, 1.54) is 12.1 Å². The van der Waals surface area contributed by atoms with Crippen LogP contribution in [-0.4, -0.2) is 22.7 Å². The molecule has 26 heavy (non-hydrogen) atoms. The van der Waals surface area contributed by atoms with Crippen LogP contribution in [0.15, 0.2) is 60.7 Å². The maximum atomic E-state index is 13.2. The topological polar surface area (TPSA) is 76.1 Å². The number of rotatable bonds is 6. The molecule has 132 valence electrons. The SMILES string of the molecule is CCOc1ccc(NC(=O)c2ccc(Nc3cccc(F)c3)nn2)cc1. The van der Waals surface area contributed by atoms with Crippen molar-refractivity contribution >= 4 is 23.1 Å². The summed E-state index contributed by atoms with van der Waals surface area (Å²) in [7, 11) is 0. The first-order valence-corrected chi connectivity index (χ1v) is 8.04. The number of nitrogens with one attached hydrogen (secondary N) is 2. The molecule has 1 heterocycles. The Morgan fingerprint density at radius 2 is 1.85 bits per heavy atom. The highest BCUT2D eigenvalue weighted by molar-refractivity contribution is 6.02. The Hall–Kier alpha value is -3.48. The normalized spacial score (nSPS) is 10.2. The van der Waals surface area contributed by atoms with Crippen molar-refractivity contribution in [1.29, 1.82) is 0 Å². The quantitative estimate of drug-likeness (QED) is 0.701. The van der Waals surface area contributed by atoms with Gasteiger partial charge < -0.3 is 15.4 Å². The van der Waals surface area contributed by atoms with Crippen LogP contribution in [0.3, 0.4) is 0 Å². The van der Waals surface area contributed by atoms with E-state index in [-0.39, 0.29) is 17.4 Å². The number of hydrogen-bond acceptors (Lipinski definition) is 5. The van der Waals surface area contributed by atoms with Crippen molar-refractivity contribution in [3.8, 4) is 5.75 Å². The smallest absolute Gasteiger partial charge is 0.276 e. The van der Waals surface area contributed by atoms with Crippen LogP contribution >= 0.6 is 0 Å². The number of amides is 1. The maximum Gasteiger partial charge on any atom is 0.276 e. The molecule has 3 rings (SSSR count). The number of carbonyl (C=O) groups is 1. The first-order valence-electron chi connectivity index (χ1n) is 8.04. The third kappa shape index (κ3) is 4.54. The van der Waals surface area contributed by atoms with Gasteiger partial charge in [-0.15, -0.1) is 10.2 Å². The van der Waals surface area contributed by atoms with E-state index in [0.717, 1.165) is 5.75 Å². The van der Waals surface area contributed by atoms with E-state index in [1.807, 2.05) is 6.92 Å². The number of halogens is 1. The van der Waals surface area contributed by atoms with Crippen LogP contribution < -0.4 is 15.4 Å². The molecule has 0 saturated carbocycles. The molecule has 0 unspecified atom stereocenters. The van der Waals surface area contributed by atoms with E-state index in [0.29, 0.717) is 23.8 Å². The van der Waals surface area contributed by atoms with Crippen LogP contribution in [0.2, 0.25) is 0 Å². The minimum atomic E-state index is -0.376. The molecule has 1 amide bonds. The van der Waals surface area contributed by atoms with Gasteiger partial charge in [0, 0.05) is 11.4 Å². The fraction of sp³-hybridized carbons (Fsp3) is 0.105. The molecule has 2 aromatic carbocycles. The lowest BCUT2D eigenvalue weighted by molar-refractivity contribution is 0.102. The summed E-state index contributed by atoms with van der Waals surface area (Å²) in [4.78, 5) is 12.2. The van der Waals surface area contributed by atoms with E-state index in [4.69, 9.17) is 4.74 Å². The van der Waals surface area contributed by atoms with Crippen molar-refractivity contribution in [1.82, 2.24) is 10.2 Å². The number of nitrogens with zero attached hydrogens (tertiary/aromatic N) is 2. The monoisotopic (exact) mass is 352 g/mol. The predicted molar refractivity (Wildman–Crippen MR) is 97.3 cm³/mol. The summed E-state index contributed by atoms with van der Waals surface area (Å²) in [5.41, 5.74) is 1.34. The molecule has 0 bridgehead atoms. The molecule has 3 aromatic rings. The molecule has 0 radical (unpaired) electrons. The third-order valence-corrected chi connectivity index (χ3v) is 3.42. The number of ether oxygens (including phenoxy) is 1.